The maximum Gasteiger partial charge on any atom is 0.137 e. The number of hydrogen-bond acceptors (Lipinski definition) is 1. The molecule has 2 rings (SSSR count). The molecule has 2 aromatic carbocycles. The smallest absolute Gasteiger partial charge is 0.137 e. The molecule has 1 atom stereocenters. The van der Waals surface area contributed by atoms with Gasteiger partial charge in [-0.15, -0.1) is 0 Å². The van der Waals surface area contributed by atoms with E-state index in [0.717, 1.165) is 0 Å². The third-order valence-electron chi connectivity index (χ3n) is 2.77. The van der Waals surface area contributed by atoms with E-state index >= 15 is 0 Å². The zero-order valence-corrected chi connectivity index (χ0v) is 11.1. The van der Waals surface area contributed by atoms with Crippen LogP contribution in [0.3, 0.4) is 0 Å². The SMILES string of the molecule is NC(Cc1ccccc1F)c1ccc(Br)c(F)c1. The maximum atomic E-state index is 13.5. The van der Waals surface area contributed by atoms with Crippen molar-refractivity contribution in [2.45, 2.75) is 12.5 Å². The Hall–Kier alpha value is -1.26. The van der Waals surface area contributed by atoms with Crippen molar-refractivity contribution in [2.24, 2.45) is 5.73 Å². The van der Waals surface area contributed by atoms with Crippen molar-refractivity contribution in [2.75, 3.05) is 0 Å². The molecule has 0 saturated carbocycles. The van der Waals surface area contributed by atoms with Gasteiger partial charge in [-0.3, -0.25) is 0 Å². The Morgan fingerprint density at radius 1 is 1.06 bits per heavy atom. The van der Waals surface area contributed by atoms with Crippen molar-refractivity contribution in [1.29, 1.82) is 0 Å². The minimum Gasteiger partial charge on any atom is -0.324 e. The van der Waals surface area contributed by atoms with Gasteiger partial charge < -0.3 is 5.73 Å². The number of rotatable bonds is 3. The van der Waals surface area contributed by atoms with E-state index in [9.17, 15) is 8.78 Å². The topological polar surface area (TPSA) is 26.0 Å². The largest absolute Gasteiger partial charge is 0.324 e. The average Bonchev–Trinajstić information content (AvgIpc) is 2.35. The third kappa shape index (κ3) is 2.94. The Labute approximate surface area is 113 Å². The minimum atomic E-state index is -0.426. The standard InChI is InChI=1S/C14H12BrF2N/c15-11-6-5-10(7-13(11)17)14(18)8-9-3-1-2-4-12(9)16/h1-7,14H,8,18H2. The van der Waals surface area contributed by atoms with E-state index in [-0.39, 0.29) is 11.6 Å². The number of benzene rings is 2. The summed E-state index contributed by atoms with van der Waals surface area (Å²) < 4.78 is 27.2. The van der Waals surface area contributed by atoms with Gasteiger partial charge in [0.2, 0.25) is 0 Å². The predicted octanol–water partition coefficient (Wildman–Crippen LogP) is 3.97. The molecule has 2 aromatic rings. The fourth-order valence-corrected chi connectivity index (χ4v) is 2.01. The second-order valence-electron chi connectivity index (χ2n) is 4.08. The zero-order chi connectivity index (χ0) is 13.1. The summed E-state index contributed by atoms with van der Waals surface area (Å²) in [5, 5.41) is 0. The van der Waals surface area contributed by atoms with Crippen molar-refractivity contribution >= 4 is 15.9 Å². The van der Waals surface area contributed by atoms with Gasteiger partial charge >= 0.3 is 0 Å². The van der Waals surface area contributed by atoms with Crippen LogP contribution in [0.2, 0.25) is 0 Å². The van der Waals surface area contributed by atoms with Gasteiger partial charge in [0.05, 0.1) is 4.47 Å². The van der Waals surface area contributed by atoms with E-state index in [4.69, 9.17) is 5.73 Å². The van der Waals surface area contributed by atoms with Crippen LogP contribution in [-0.2, 0) is 6.42 Å². The number of halogens is 3. The van der Waals surface area contributed by atoms with Gasteiger partial charge in [0.25, 0.3) is 0 Å². The molecule has 0 aromatic heterocycles. The normalized spacial score (nSPS) is 12.4. The first-order chi connectivity index (χ1) is 8.58. The maximum absolute atomic E-state index is 13.5. The summed E-state index contributed by atoms with van der Waals surface area (Å²) in [5.41, 5.74) is 7.15. The van der Waals surface area contributed by atoms with Crippen LogP contribution in [0.4, 0.5) is 8.78 Å². The second kappa shape index (κ2) is 5.59. The molecule has 0 aliphatic carbocycles. The molecular weight excluding hydrogens is 300 g/mol. The fourth-order valence-electron chi connectivity index (χ4n) is 1.76. The molecule has 4 heteroatoms. The van der Waals surface area contributed by atoms with Crippen molar-refractivity contribution in [3.63, 3.8) is 0 Å². The lowest BCUT2D eigenvalue weighted by molar-refractivity contribution is 0.588. The van der Waals surface area contributed by atoms with E-state index < -0.39 is 6.04 Å². The molecule has 1 nitrogen and oxygen atoms in total. The summed E-state index contributed by atoms with van der Waals surface area (Å²) in [6.45, 7) is 0. The first-order valence-corrected chi connectivity index (χ1v) is 6.31. The van der Waals surface area contributed by atoms with Crippen molar-refractivity contribution in [1.82, 2.24) is 0 Å². The molecule has 0 aliphatic rings. The Balaban J connectivity index is 2.19. The Morgan fingerprint density at radius 2 is 1.78 bits per heavy atom. The molecular formula is C14H12BrF2N. The molecule has 0 fully saturated rings. The van der Waals surface area contributed by atoms with Gasteiger partial charge in [0.15, 0.2) is 0 Å². The summed E-state index contributed by atoms with van der Waals surface area (Å²) >= 11 is 3.08. The summed E-state index contributed by atoms with van der Waals surface area (Å²) in [7, 11) is 0. The van der Waals surface area contributed by atoms with Crippen LogP contribution < -0.4 is 5.73 Å². The Morgan fingerprint density at radius 3 is 2.44 bits per heavy atom. The molecule has 0 spiro atoms. The average molecular weight is 312 g/mol. The van der Waals surface area contributed by atoms with E-state index in [2.05, 4.69) is 15.9 Å². The fraction of sp³-hybridized carbons (Fsp3) is 0.143. The first kappa shape index (κ1) is 13.2. The molecule has 0 heterocycles. The van der Waals surface area contributed by atoms with Gasteiger partial charge in [0.1, 0.15) is 11.6 Å². The molecule has 0 amide bonds. The number of nitrogens with two attached hydrogens (primary N) is 1. The van der Waals surface area contributed by atoms with E-state index in [1.54, 1.807) is 30.3 Å². The minimum absolute atomic E-state index is 0.287. The molecule has 0 bridgehead atoms. The highest BCUT2D eigenvalue weighted by Gasteiger charge is 2.11. The Bertz CT molecular complexity index is 557. The molecule has 0 saturated heterocycles. The van der Waals surface area contributed by atoms with Crippen molar-refractivity contribution < 1.29 is 8.78 Å². The van der Waals surface area contributed by atoms with Gasteiger partial charge in [-0.2, -0.15) is 0 Å². The zero-order valence-electron chi connectivity index (χ0n) is 9.54. The van der Waals surface area contributed by atoms with Crippen LogP contribution >= 0.6 is 15.9 Å². The summed E-state index contributed by atoms with van der Waals surface area (Å²) in [4.78, 5) is 0. The van der Waals surface area contributed by atoms with Crippen molar-refractivity contribution in [3.8, 4) is 0 Å². The Kier molecular flexibility index (Phi) is 4.09. The highest BCUT2D eigenvalue weighted by Crippen LogP contribution is 2.22. The molecule has 18 heavy (non-hydrogen) atoms. The molecule has 0 aliphatic heterocycles. The second-order valence-corrected chi connectivity index (χ2v) is 4.93. The lowest BCUT2D eigenvalue weighted by atomic mass is 9.99. The van der Waals surface area contributed by atoms with E-state index in [1.807, 2.05) is 0 Å². The van der Waals surface area contributed by atoms with Crippen LogP contribution in [0.25, 0.3) is 0 Å². The van der Waals surface area contributed by atoms with Gasteiger partial charge in [-0.1, -0.05) is 24.3 Å². The molecule has 0 radical (unpaired) electrons. The molecule has 2 N–H and O–H groups in total. The highest BCUT2D eigenvalue weighted by molar-refractivity contribution is 9.10. The molecule has 1 unspecified atom stereocenters. The molecule has 94 valence electrons. The van der Waals surface area contributed by atoms with Crippen LogP contribution in [0, 0.1) is 11.6 Å². The van der Waals surface area contributed by atoms with Gasteiger partial charge in [0, 0.05) is 6.04 Å². The lowest BCUT2D eigenvalue weighted by Gasteiger charge is -2.13. The van der Waals surface area contributed by atoms with E-state index in [0.29, 0.717) is 22.0 Å². The third-order valence-corrected chi connectivity index (χ3v) is 3.41. The summed E-state index contributed by atoms with van der Waals surface area (Å²) in [5.74, 6) is -0.651. The highest BCUT2D eigenvalue weighted by atomic mass is 79.9. The monoisotopic (exact) mass is 311 g/mol. The quantitative estimate of drug-likeness (QED) is 0.912. The predicted molar refractivity (Wildman–Crippen MR) is 71.1 cm³/mol. The van der Waals surface area contributed by atoms with Crippen LogP contribution in [0.1, 0.15) is 17.2 Å². The van der Waals surface area contributed by atoms with E-state index in [1.165, 1.54) is 12.1 Å². The van der Waals surface area contributed by atoms with Gasteiger partial charge in [-0.25, -0.2) is 8.78 Å². The lowest BCUT2D eigenvalue weighted by Crippen LogP contribution is -2.14. The first-order valence-electron chi connectivity index (χ1n) is 5.52. The summed E-state index contributed by atoms with van der Waals surface area (Å²) in [6.07, 6.45) is 0.341. The number of hydrogen-bond donors (Lipinski definition) is 1. The van der Waals surface area contributed by atoms with Crippen LogP contribution in [0.5, 0.6) is 0 Å². The van der Waals surface area contributed by atoms with Crippen LogP contribution in [0.15, 0.2) is 46.9 Å². The van der Waals surface area contributed by atoms with Gasteiger partial charge in [-0.05, 0) is 51.7 Å². The van der Waals surface area contributed by atoms with Crippen LogP contribution in [-0.4, -0.2) is 0 Å². The van der Waals surface area contributed by atoms with Crippen molar-refractivity contribution in [3.05, 3.63) is 69.7 Å². The summed E-state index contributed by atoms with van der Waals surface area (Å²) in [6, 6.07) is 10.7.